The Kier molecular flexibility index (Phi) is 2.40. The average Bonchev–Trinajstić information content (AvgIpc) is 2.13. The van der Waals surface area contributed by atoms with Crippen LogP contribution in [0.15, 0.2) is 28.4 Å². The summed E-state index contributed by atoms with van der Waals surface area (Å²) in [4.78, 5) is 4.19. The number of aliphatic imine (C=N–C) groups is 1. The largest absolute Gasteiger partial charge is 0.325 e. The molecular formula is C8H12N2. The van der Waals surface area contributed by atoms with Crippen molar-refractivity contribution in [2.24, 2.45) is 10.7 Å². The van der Waals surface area contributed by atoms with Crippen LogP contribution in [-0.4, -0.2) is 12.8 Å². The monoisotopic (exact) mass is 136 g/mol. The van der Waals surface area contributed by atoms with Gasteiger partial charge in [-0.05, 0) is 12.5 Å². The van der Waals surface area contributed by atoms with Crippen LogP contribution in [0.1, 0.15) is 13.3 Å². The maximum Gasteiger partial charge on any atom is 0.0564 e. The van der Waals surface area contributed by atoms with Crippen molar-refractivity contribution in [1.82, 2.24) is 0 Å². The first-order chi connectivity index (χ1) is 4.84. The van der Waals surface area contributed by atoms with Gasteiger partial charge in [0.25, 0.3) is 0 Å². The quantitative estimate of drug-likeness (QED) is 0.579. The molecule has 0 unspecified atom stereocenters. The zero-order valence-corrected chi connectivity index (χ0v) is 6.17. The summed E-state index contributed by atoms with van der Waals surface area (Å²) in [5, 5.41) is 0. The predicted octanol–water partition coefficient (Wildman–Crippen LogP) is 1.25. The first-order valence-electron chi connectivity index (χ1n) is 3.43. The highest BCUT2D eigenvalue weighted by Crippen LogP contribution is 2.08. The van der Waals surface area contributed by atoms with Crippen LogP contribution in [-0.2, 0) is 0 Å². The molecule has 2 heteroatoms. The van der Waals surface area contributed by atoms with E-state index in [2.05, 4.69) is 17.1 Å². The molecule has 0 aromatic carbocycles. The van der Waals surface area contributed by atoms with Crippen LogP contribution in [0, 0.1) is 0 Å². The summed E-state index contributed by atoms with van der Waals surface area (Å²) in [5.41, 5.74) is 7.63. The minimum Gasteiger partial charge on any atom is -0.325 e. The lowest BCUT2D eigenvalue weighted by Gasteiger charge is -1.97. The molecule has 10 heavy (non-hydrogen) atoms. The Morgan fingerprint density at radius 3 is 3.20 bits per heavy atom. The first-order valence-corrected chi connectivity index (χ1v) is 3.43. The van der Waals surface area contributed by atoms with Crippen molar-refractivity contribution in [2.75, 3.05) is 6.54 Å². The number of hydrogen-bond donors (Lipinski definition) is 1. The Labute approximate surface area is 61.1 Å². The zero-order chi connectivity index (χ0) is 7.40. The molecule has 0 radical (unpaired) electrons. The van der Waals surface area contributed by atoms with Gasteiger partial charge < -0.3 is 5.73 Å². The third-order valence-electron chi connectivity index (χ3n) is 1.51. The van der Waals surface area contributed by atoms with Gasteiger partial charge in [-0.1, -0.05) is 12.2 Å². The van der Waals surface area contributed by atoms with E-state index in [1.54, 1.807) is 0 Å². The van der Waals surface area contributed by atoms with Crippen LogP contribution in [0.3, 0.4) is 0 Å². The van der Waals surface area contributed by atoms with Crippen molar-refractivity contribution in [2.45, 2.75) is 13.3 Å². The van der Waals surface area contributed by atoms with E-state index in [0.717, 1.165) is 12.1 Å². The molecule has 2 nitrogen and oxygen atoms in total. The summed E-state index contributed by atoms with van der Waals surface area (Å²) in [5.74, 6) is 0. The molecule has 0 atom stereocenters. The van der Waals surface area contributed by atoms with Gasteiger partial charge in [-0.25, -0.2) is 0 Å². The number of nitrogens with two attached hydrogens (primary N) is 1. The molecule has 1 aliphatic rings. The molecule has 0 amide bonds. The summed E-state index contributed by atoms with van der Waals surface area (Å²) < 4.78 is 0. The van der Waals surface area contributed by atoms with Crippen LogP contribution < -0.4 is 5.73 Å². The van der Waals surface area contributed by atoms with Crippen molar-refractivity contribution >= 4 is 6.21 Å². The van der Waals surface area contributed by atoms with E-state index >= 15 is 0 Å². The normalized spacial score (nSPS) is 17.8. The van der Waals surface area contributed by atoms with Gasteiger partial charge in [-0.2, -0.15) is 0 Å². The highest BCUT2D eigenvalue weighted by Gasteiger charge is 1.96. The Morgan fingerprint density at radius 2 is 2.50 bits per heavy atom. The fraction of sp³-hybridized carbons (Fsp3) is 0.375. The molecule has 0 saturated heterocycles. The number of allylic oxidation sites excluding steroid dienone is 3. The molecule has 1 rings (SSSR count). The van der Waals surface area contributed by atoms with Crippen LogP contribution in [0.4, 0.5) is 0 Å². The molecule has 0 spiro atoms. The predicted molar refractivity (Wildman–Crippen MR) is 44.0 cm³/mol. The van der Waals surface area contributed by atoms with Crippen LogP contribution in [0.2, 0.25) is 0 Å². The van der Waals surface area contributed by atoms with Gasteiger partial charge in [0.05, 0.1) is 5.70 Å². The van der Waals surface area contributed by atoms with Gasteiger partial charge in [-0.3, -0.25) is 4.99 Å². The lowest BCUT2D eigenvalue weighted by atomic mass is 10.2. The minimum atomic E-state index is 0.534. The molecule has 0 fully saturated rings. The van der Waals surface area contributed by atoms with Crippen LogP contribution in [0.25, 0.3) is 0 Å². The van der Waals surface area contributed by atoms with Crippen molar-refractivity contribution in [3.05, 3.63) is 23.4 Å². The average molecular weight is 136 g/mol. The highest BCUT2D eigenvalue weighted by molar-refractivity contribution is 5.62. The molecule has 0 aliphatic carbocycles. The zero-order valence-electron chi connectivity index (χ0n) is 6.17. The van der Waals surface area contributed by atoms with Crippen LogP contribution >= 0.6 is 0 Å². The second kappa shape index (κ2) is 3.32. The van der Waals surface area contributed by atoms with Gasteiger partial charge in [0.15, 0.2) is 0 Å². The Hall–Kier alpha value is -0.890. The van der Waals surface area contributed by atoms with Gasteiger partial charge in [0, 0.05) is 19.2 Å². The summed E-state index contributed by atoms with van der Waals surface area (Å²) in [6.45, 7) is 2.56. The molecule has 0 bridgehead atoms. The summed E-state index contributed by atoms with van der Waals surface area (Å²) in [6.07, 6.45) is 6.95. The Bertz CT molecular complexity index is 199. The van der Waals surface area contributed by atoms with Gasteiger partial charge in [0.2, 0.25) is 0 Å². The molecular weight excluding hydrogens is 124 g/mol. The summed E-state index contributed by atoms with van der Waals surface area (Å²) in [6, 6.07) is 0. The fourth-order valence-electron chi connectivity index (χ4n) is 0.880. The fourth-order valence-corrected chi connectivity index (χ4v) is 0.880. The standard InChI is InChI=1S/C8H12N2/c1-7-4-2-3-5-10-8(7)6-9/h2,4-5H,3,6,9H2,1H3. The lowest BCUT2D eigenvalue weighted by Crippen LogP contribution is -2.02. The SMILES string of the molecule is CC1=C(CN)N=CCC=C1. The van der Waals surface area contributed by atoms with Crippen molar-refractivity contribution in [3.63, 3.8) is 0 Å². The van der Waals surface area contributed by atoms with Gasteiger partial charge in [0.1, 0.15) is 0 Å². The molecule has 0 aromatic heterocycles. The Morgan fingerprint density at radius 1 is 1.70 bits per heavy atom. The maximum absolute atomic E-state index is 5.46. The van der Waals surface area contributed by atoms with Crippen LogP contribution in [0.5, 0.6) is 0 Å². The summed E-state index contributed by atoms with van der Waals surface area (Å²) in [7, 11) is 0. The molecule has 1 heterocycles. The van der Waals surface area contributed by atoms with E-state index in [4.69, 9.17) is 5.73 Å². The molecule has 0 saturated carbocycles. The number of nitrogens with zero attached hydrogens (tertiary/aromatic N) is 1. The van der Waals surface area contributed by atoms with E-state index in [0.29, 0.717) is 6.54 Å². The second-order valence-corrected chi connectivity index (χ2v) is 2.28. The lowest BCUT2D eigenvalue weighted by molar-refractivity contribution is 1.08. The van der Waals surface area contributed by atoms with Crippen molar-refractivity contribution < 1.29 is 0 Å². The van der Waals surface area contributed by atoms with E-state index in [9.17, 15) is 0 Å². The first kappa shape index (κ1) is 7.22. The van der Waals surface area contributed by atoms with Gasteiger partial charge in [-0.15, -0.1) is 0 Å². The summed E-state index contributed by atoms with van der Waals surface area (Å²) >= 11 is 0. The number of rotatable bonds is 1. The molecule has 2 N–H and O–H groups in total. The molecule has 0 aromatic rings. The highest BCUT2D eigenvalue weighted by atomic mass is 14.8. The third-order valence-corrected chi connectivity index (χ3v) is 1.51. The molecule has 1 aliphatic heterocycles. The van der Waals surface area contributed by atoms with E-state index in [1.165, 1.54) is 5.57 Å². The smallest absolute Gasteiger partial charge is 0.0564 e. The van der Waals surface area contributed by atoms with Crippen molar-refractivity contribution in [3.8, 4) is 0 Å². The van der Waals surface area contributed by atoms with E-state index in [1.807, 2.05) is 13.1 Å². The topological polar surface area (TPSA) is 38.4 Å². The minimum absolute atomic E-state index is 0.534. The molecule has 54 valence electrons. The van der Waals surface area contributed by atoms with E-state index < -0.39 is 0 Å². The van der Waals surface area contributed by atoms with E-state index in [-0.39, 0.29) is 0 Å². The second-order valence-electron chi connectivity index (χ2n) is 2.28. The third kappa shape index (κ3) is 1.54. The Balaban J connectivity index is 2.88. The van der Waals surface area contributed by atoms with Gasteiger partial charge >= 0.3 is 0 Å². The maximum atomic E-state index is 5.46. The van der Waals surface area contributed by atoms with Crippen molar-refractivity contribution in [1.29, 1.82) is 0 Å². The number of hydrogen-bond acceptors (Lipinski definition) is 2.